The zero-order chi connectivity index (χ0) is 20.1. The Morgan fingerprint density at radius 3 is 2.38 bits per heavy atom. The van der Waals surface area contributed by atoms with E-state index in [1.54, 1.807) is 24.3 Å². The maximum Gasteiger partial charge on any atom is 0.262 e. The van der Waals surface area contributed by atoms with Crippen molar-refractivity contribution in [2.24, 2.45) is 0 Å². The van der Waals surface area contributed by atoms with E-state index in [0.717, 1.165) is 21.6 Å². The van der Waals surface area contributed by atoms with Crippen LogP contribution in [0.1, 0.15) is 31.8 Å². The van der Waals surface area contributed by atoms with Gasteiger partial charge in [0.1, 0.15) is 6.07 Å². The van der Waals surface area contributed by atoms with E-state index in [0.29, 0.717) is 22.3 Å². The molecule has 0 spiro atoms. The van der Waals surface area contributed by atoms with Crippen LogP contribution in [0.25, 0.3) is 16.7 Å². The van der Waals surface area contributed by atoms with E-state index in [1.807, 2.05) is 41.7 Å². The Kier molecular flexibility index (Phi) is 3.89. The number of carbonyl (C=O) groups is 2. The molecule has 3 heterocycles. The van der Waals surface area contributed by atoms with Crippen molar-refractivity contribution in [1.82, 2.24) is 14.3 Å². The fourth-order valence-corrected chi connectivity index (χ4v) is 4.72. The lowest BCUT2D eigenvalue weighted by molar-refractivity contribution is 0.0684. The molecule has 0 saturated heterocycles. The Morgan fingerprint density at radius 2 is 1.69 bits per heavy atom. The molecule has 29 heavy (non-hydrogen) atoms. The number of rotatable bonds is 3. The summed E-state index contributed by atoms with van der Waals surface area (Å²) in [5.74, 6) is -0.385. The lowest BCUT2D eigenvalue weighted by Gasteiger charge is -2.15. The number of thioether (sulfide) groups is 1. The van der Waals surface area contributed by atoms with E-state index < -0.39 is 0 Å². The largest absolute Gasteiger partial charge is 0.286 e. The van der Waals surface area contributed by atoms with Crippen LogP contribution in [0.15, 0.2) is 59.6 Å². The van der Waals surface area contributed by atoms with Gasteiger partial charge in [0.2, 0.25) is 0 Å². The molecule has 0 unspecified atom stereocenters. The second-order valence-corrected chi connectivity index (χ2v) is 7.73. The fraction of sp³-hybridized carbons (Fsp3) is 0.0909. The monoisotopic (exact) mass is 398 g/mol. The van der Waals surface area contributed by atoms with Crippen molar-refractivity contribution in [2.75, 3.05) is 5.88 Å². The van der Waals surface area contributed by atoms with E-state index in [2.05, 4.69) is 11.1 Å². The Balaban J connectivity index is 1.58. The minimum Gasteiger partial charge on any atom is -0.286 e. The molecule has 140 valence electrons. The number of nitrogens with zero attached hydrogens (tertiary/aromatic N) is 4. The highest BCUT2D eigenvalue weighted by Gasteiger charge is 2.35. The molecule has 0 bridgehead atoms. The number of pyridine rings is 1. The average Bonchev–Trinajstić information content (AvgIpc) is 3.23. The van der Waals surface area contributed by atoms with E-state index in [1.165, 1.54) is 16.7 Å². The van der Waals surface area contributed by atoms with Crippen molar-refractivity contribution in [1.29, 1.82) is 5.26 Å². The van der Waals surface area contributed by atoms with Crippen molar-refractivity contribution in [2.45, 2.75) is 11.9 Å². The number of nitriles is 1. The highest BCUT2D eigenvalue weighted by atomic mass is 32.2. The molecule has 5 rings (SSSR count). The standard InChI is InChI=1S/C22H14N4O2S/c1-13-10-19(26-18-9-5-4-8-17(18)24-20(26)16(13)11-23)29-12-25-21(27)14-6-2-3-7-15(14)22(25)28/h2-10H,12H2,1H3. The summed E-state index contributed by atoms with van der Waals surface area (Å²) >= 11 is 1.38. The van der Waals surface area contributed by atoms with Gasteiger partial charge in [-0.3, -0.25) is 18.9 Å². The number of para-hydroxylation sites is 2. The molecule has 1 aliphatic rings. The first-order valence-corrected chi connectivity index (χ1v) is 9.97. The minimum absolute atomic E-state index is 0.180. The summed E-state index contributed by atoms with van der Waals surface area (Å²) < 4.78 is 1.92. The molecule has 1 aliphatic heterocycles. The number of imide groups is 1. The molecule has 0 saturated carbocycles. The molecule has 6 nitrogen and oxygen atoms in total. The highest BCUT2D eigenvalue weighted by Crippen LogP contribution is 2.31. The summed E-state index contributed by atoms with van der Waals surface area (Å²) in [7, 11) is 0. The van der Waals surface area contributed by atoms with Crippen molar-refractivity contribution >= 4 is 40.3 Å². The Bertz CT molecular complexity index is 1350. The van der Waals surface area contributed by atoms with Gasteiger partial charge in [0.05, 0.1) is 38.6 Å². The van der Waals surface area contributed by atoms with Gasteiger partial charge in [-0.05, 0) is 42.8 Å². The molecular weight excluding hydrogens is 384 g/mol. The third kappa shape index (κ3) is 2.53. The molecule has 2 amide bonds. The molecule has 2 aromatic heterocycles. The Morgan fingerprint density at radius 1 is 1.03 bits per heavy atom. The van der Waals surface area contributed by atoms with Gasteiger partial charge < -0.3 is 0 Å². The summed E-state index contributed by atoms with van der Waals surface area (Å²) in [6.07, 6.45) is 0. The van der Waals surface area contributed by atoms with Crippen LogP contribution in [0.2, 0.25) is 0 Å². The molecule has 0 atom stereocenters. The SMILES string of the molecule is Cc1cc(SCN2C(=O)c3ccccc3C2=O)n2c(nc3ccccc32)c1C#N. The lowest BCUT2D eigenvalue weighted by atomic mass is 10.1. The van der Waals surface area contributed by atoms with Gasteiger partial charge in [0, 0.05) is 0 Å². The van der Waals surface area contributed by atoms with E-state index in [4.69, 9.17) is 0 Å². The van der Waals surface area contributed by atoms with E-state index >= 15 is 0 Å². The van der Waals surface area contributed by atoms with Crippen LogP contribution in [0, 0.1) is 18.3 Å². The van der Waals surface area contributed by atoms with Crippen molar-refractivity contribution < 1.29 is 9.59 Å². The molecule has 0 N–H and O–H groups in total. The molecule has 2 aromatic carbocycles. The summed E-state index contributed by atoms with van der Waals surface area (Å²) in [6.45, 7) is 1.87. The number of carbonyl (C=O) groups excluding carboxylic acids is 2. The van der Waals surface area contributed by atoms with Gasteiger partial charge in [0.25, 0.3) is 11.8 Å². The fourth-order valence-electron chi connectivity index (χ4n) is 3.65. The predicted molar refractivity (Wildman–Crippen MR) is 110 cm³/mol. The molecule has 4 aromatic rings. The van der Waals surface area contributed by atoms with Crippen LogP contribution in [-0.4, -0.2) is 32.0 Å². The number of aromatic nitrogens is 2. The van der Waals surface area contributed by atoms with Gasteiger partial charge in [-0.2, -0.15) is 5.26 Å². The first-order valence-electron chi connectivity index (χ1n) is 8.99. The number of benzene rings is 2. The van der Waals surface area contributed by atoms with Crippen molar-refractivity contribution in [3.05, 3.63) is 76.9 Å². The van der Waals surface area contributed by atoms with Crippen LogP contribution < -0.4 is 0 Å². The number of amides is 2. The van der Waals surface area contributed by atoms with Crippen LogP contribution in [0.5, 0.6) is 0 Å². The lowest BCUT2D eigenvalue weighted by Crippen LogP contribution is -2.29. The van der Waals surface area contributed by atoms with Gasteiger partial charge in [-0.25, -0.2) is 4.98 Å². The first-order chi connectivity index (χ1) is 14.1. The predicted octanol–water partition coefficient (Wildman–Crippen LogP) is 4.01. The number of fused-ring (bicyclic) bond motifs is 4. The number of hydrogen-bond donors (Lipinski definition) is 0. The molecular formula is C22H14N4O2S. The average molecular weight is 398 g/mol. The number of imidazole rings is 1. The summed E-state index contributed by atoms with van der Waals surface area (Å²) in [6, 6.07) is 18.7. The third-order valence-corrected chi connectivity index (χ3v) is 6.05. The van der Waals surface area contributed by atoms with Crippen LogP contribution >= 0.6 is 11.8 Å². The Labute approximate surface area is 170 Å². The smallest absolute Gasteiger partial charge is 0.262 e. The second-order valence-electron chi connectivity index (χ2n) is 6.77. The Hall–Kier alpha value is -3.63. The normalized spacial score (nSPS) is 13.3. The first kappa shape index (κ1) is 17.5. The molecule has 0 aliphatic carbocycles. The zero-order valence-electron chi connectivity index (χ0n) is 15.4. The number of hydrogen-bond acceptors (Lipinski definition) is 5. The van der Waals surface area contributed by atoms with Gasteiger partial charge >= 0.3 is 0 Å². The quantitative estimate of drug-likeness (QED) is 0.385. The van der Waals surface area contributed by atoms with Crippen LogP contribution in [-0.2, 0) is 0 Å². The van der Waals surface area contributed by atoms with Crippen LogP contribution in [0.4, 0.5) is 0 Å². The van der Waals surface area contributed by atoms with Crippen molar-refractivity contribution in [3.8, 4) is 6.07 Å². The number of aryl methyl sites for hydroxylation is 1. The summed E-state index contributed by atoms with van der Waals surface area (Å²) in [5, 5.41) is 10.4. The summed E-state index contributed by atoms with van der Waals surface area (Å²) in [4.78, 5) is 31.2. The van der Waals surface area contributed by atoms with Gasteiger partial charge in [-0.15, -0.1) is 0 Å². The van der Waals surface area contributed by atoms with E-state index in [-0.39, 0.29) is 17.7 Å². The van der Waals surface area contributed by atoms with Gasteiger partial charge in [-0.1, -0.05) is 36.0 Å². The molecule has 0 radical (unpaired) electrons. The summed E-state index contributed by atoms with van der Waals surface area (Å²) in [5.41, 5.74) is 4.45. The highest BCUT2D eigenvalue weighted by molar-refractivity contribution is 7.99. The maximum absolute atomic E-state index is 12.7. The topological polar surface area (TPSA) is 78.5 Å². The van der Waals surface area contributed by atoms with E-state index in [9.17, 15) is 14.9 Å². The molecule has 7 heteroatoms. The van der Waals surface area contributed by atoms with Gasteiger partial charge in [0.15, 0.2) is 5.65 Å². The molecule has 0 fully saturated rings. The van der Waals surface area contributed by atoms with Crippen molar-refractivity contribution in [3.63, 3.8) is 0 Å². The maximum atomic E-state index is 12.7. The van der Waals surface area contributed by atoms with Crippen LogP contribution in [0.3, 0.4) is 0 Å². The second kappa shape index (κ2) is 6.47. The third-order valence-electron chi connectivity index (χ3n) is 5.07. The zero-order valence-corrected chi connectivity index (χ0v) is 16.2. The minimum atomic E-state index is -0.282.